The van der Waals surface area contributed by atoms with Crippen LogP contribution in [-0.2, 0) is 19.4 Å². The summed E-state index contributed by atoms with van der Waals surface area (Å²) < 4.78 is 2.22. The fraction of sp³-hybridized carbons (Fsp3) is 0.312. The Kier molecular flexibility index (Phi) is 3.92. The van der Waals surface area contributed by atoms with E-state index in [2.05, 4.69) is 67.2 Å². The van der Waals surface area contributed by atoms with Gasteiger partial charge in [-0.2, -0.15) is 0 Å². The first-order valence-electron chi connectivity index (χ1n) is 6.38. The molecular formula is C16H20N+. The van der Waals surface area contributed by atoms with E-state index >= 15 is 0 Å². The van der Waals surface area contributed by atoms with Gasteiger partial charge < -0.3 is 0 Å². The minimum Gasteiger partial charge on any atom is -0.201 e. The first kappa shape index (κ1) is 11.8. The molecule has 0 saturated heterocycles. The van der Waals surface area contributed by atoms with Gasteiger partial charge in [0.25, 0.3) is 0 Å². The van der Waals surface area contributed by atoms with Gasteiger partial charge in [-0.25, -0.2) is 4.57 Å². The van der Waals surface area contributed by atoms with Gasteiger partial charge in [0, 0.05) is 17.7 Å². The van der Waals surface area contributed by atoms with Crippen molar-refractivity contribution < 1.29 is 4.57 Å². The van der Waals surface area contributed by atoms with Crippen molar-refractivity contribution in [2.24, 2.45) is 0 Å². The maximum atomic E-state index is 2.35. The number of aromatic nitrogens is 1. The molecule has 88 valence electrons. The molecule has 0 unspecified atom stereocenters. The topological polar surface area (TPSA) is 3.88 Å². The van der Waals surface area contributed by atoms with E-state index in [0.29, 0.717) is 0 Å². The van der Waals surface area contributed by atoms with Gasteiger partial charge in [-0.05, 0) is 24.0 Å². The van der Waals surface area contributed by atoms with Gasteiger partial charge >= 0.3 is 0 Å². The fourth-order valence-corrected chi connectivity index (χ4v) is 2.12. The van der Waals surface area contributed by atoms with Crippen molar-refractivity contribution in [1.29, 1.82) is 0 Å². The highest BCUT2D eigenvalue weighted by Crippen LogP contribution is 2.13. The maximum absolute atomic E-state index is 2.35. The third kappa shape index (κ3) is 2.94. The zero-order valence-corrected chi connectivity index (χ0v) is 10.7. The molecule has 0 spiro atoms. The molecule has 0 bridgehead atoms. The molecule has 17 heavy (non-hydrogen) atoms. The highest BCUT2D eigenvalue weighted by molar-refractivity contribution is 5.31. The van der Waals surface area contributed by atoms with E-state index < -0.39 is 0 Å². The Bertz CT molecular complexity index is 474. The second kappa shape index (κ2) is 5.62. The predicted molar refractivity (Wildman–Crippen MR) is 70.9 cm³/mol. The summed E-state index contributed by atoms with van der Waals surface area (Å²) in [6, 6.07) is 13.1. The number of pyridine rings is 1. The summed E-state index contributed by atoms with van der Waals surface area (Å²) in [7, 11) is 0. The average Bonchev–Trinajstić information content (AvgIpc) is 2.40. The van der Waals surface area contributed by atoms with Crippen molar-refractivity contribution in [1.82, 2.24) is 0 Å². The lowest BCUT2D eigenvalue weighted by molar-refractivity contribution is -0.688. The fourth-order valence-electron chi connectivity index (χ4n) is 2.12. The molecule has 0 atom stereocenters. The van der Waals surface area contributed by atoms with Crippen LogP contribution in [0.5, 0.6) is 0 Å². The molecule has 0 amide bonds. The van der Waals surface area contributed by atoms with E-state index in [1.165, 1.54) is 16.7 Å². The molecule has 0 aliphatic carbocycles. The summed E-state index contributed by atoms with van der Waals surface area (Å²) in [4.78, 5) is 0. The van der Waals surface area contributed by atoms with E-state index in [-0.39, 0.29) is 0 Å². The summed E-state index contributed by atoms with van der Waals surface area (Å²) in [6.45, 7) is 5.41. The van der Waals surface area contributed by atoms with Crippen molar-refractivity contribution in [3.8, 4) is 0 Å². The first-order chi connectivity index (χ1) is 8.33. The molecule has 2 rings (SSSR count). The van der Waals surface area contributed by atoms with E-state index in [1.807, 2.05) is 0 Å². The van der Waals surface area contributed by atoms with E-state index in [4.69, 9.17) is 0 Å². The van der Waals surface area contributed by atoms with Crippen molar-refractivity contribution in [2.45, 2.75) is 33.2 Å². The summed E-state index contributed by atoms with van der Waals surface area (Å²) >= 11 is 0. The molecule has 1 heterocycles. The summed E-state index contributed by atoms with van der Waals surface area (Å²) in [6.07, 6.45) is 6.46. The van der Waals surface area contributed by atoms with Crippen LogP contribution in [0.4, 0.5) is 0 Å². The number of hydrogen-bond acceptors (Lipinski definition) is 0. The summed E-state index contributed by atoms with van der Waals surface area (Å²) in [5.74, 6) is 0. The van der Waals surface area contributed by atoms with Crippen LogP contribution in [0.2, 0.25) is 0 Å². The lowest BCUT2D eigenvalue weighted by Gasteiger charge is -2.07. The van der Waals surface area contributed by atoms with E-state index in [0.717, 1.165) is 19.4 Å². The Morgan fingerprint density at radius 3 is 2.29 bits per heavy atom. The SMILES string of the molecule is CCc1ccc(C[n+]2ccccc2)c(CC)c1. The molecule has 0 N–H and O–H groups in total. The highest BCUT2D eigenvalue weighted by Gasteiger charge is 2.06. The lowest BCUT2D eigenvalue weighted by Crippen LogP contribution is -2.33. The molecule has 1 heteroatoms. The van der Waals surface area contributed by atoms with Crippen molar-refractivity contribution in [3.05, 3.63) is 65.5 Å². The molecule has 1 nitrogen and oxygen atoms in total. The number of rotatable bonds is 4. The van der Waals surface area contributed by atoms with Gasteiger partial charge in [0.2, 0.25) is 0 Å². The monoisotopic (exact) mass is 226 g/mol. The second-order valence-corrected chi connectivity index (χ2v) is 4.36. The zero-order chi connectivity index (χ0) is 12.1. The minimum atomic E-state index is 0.966. The standard InChI is InChI=1S/C16H20N/c1-3-14-8-9-16(15(4-2)12-14)13-17-10-6-5-7-11-17/h5-12H,3-4,13H2,1-2H3/q+1. The van der Waals surface area contributed by atoms with E-state index in [9.17, 15) is 0 Å². The molecule has 0 fully saturated rings. The highest BCUT2D eigenvalue weighted by atomic mass is 14.9. The van der Waals surface area contributed by atoms with Crippen LogP contribution in [0, 0.1) is 0 Å². The molecule has 1 aromatic carbocycles. The van der Waals surface area contributed by atoms with Crippen molar-refractivity contribution in [3.63, 3.8) is 0 Å². The summed E-state index contributed by atoms with van der Waals surface area (Å²) in [5, 5.41) is 0. The largest absolute Gasteiger partial charge is 0.201 e. The smallest absolute Gasteiger partial charge is 0.174 e. The molecule has 0 aliphatic heterocycles. The maximum Gasteiger partial charge on any atom is 0.174 e. The average molecular weight is 226 g/mol. The number of hydrogen-bond donors (Lipinski definition) is 0. The van der Waals surface area contributed by atoms with Crippen molar-refractivity contribution >= 4 is 0 Å². The number of nitrogens with zero attached hydrogens (tertiary/aromatic N) is 1. The minimum absolute atomic E-state index is 0.966. The van der Waals surface area contributed by atoms with Crippen LogP contribution < -0.4 is 4.57 Å². The Labute approximate surface area is 104 Å². The third-order valence-electron chi connectivity index (χ3n) is 3.19. The van der Waals surface area contributed by atoms with Crippen LogP contribution >= 0.6 is 0 Å². The Balaban J connectivity index is 2.26. The second-order valence-electron chi connectivity index (χ2n) is 4.36. The molecule has 0 saturated carbocycles. The zero-order valence-electron chi connectivity index (χ0n) is 10.7. The van der Waals surface area contributed by atoms with Gasteiger partial charge in [-0.1, -0.05) is 38.1 Å². The van der Waals surface area contributed by atoms with Gasteiger partial charge in [-0.3, -0.25) is 0 Å². The Hall–Kier alpha value is -1.63. The number of benzene rings is 1. The van der Waals surface area contributed by atoms with Crippen LogP contribution in [0.25, 0.3) is 0 Å². The summed E-state index contributed by atoms with van der Waals surface area (Å²) in [5.41, 5.74) is 4.34. The Morgan fingerprint density at radius 2 is 1.65 bits per heavy atom. The molecular weight excluding hydrogens is 206 g/mol. The van der Waals surface area contributed by atoms with Gasteiger partial charge in [0.15, 0.2) is 18.9 Å². The predicted octanol–water partition coefficient (Wildman–Crippen LogP) is 3.15. The lowest BCUT2D eigenvalue weighted by atomic mass is 10.0. The van der Waals surface area contributed by atoms with Gasteiger partial charge in [0.1, 0.15) is 0 Å². The number of aryl methyl sites for hydroxylation is 2. The van der Waals surface area contributed by atoms with Crippen molar-refractivity contribution in [2.75, 3.05) is 0 Å². The van der Waals surface area contributed by atoms with Crippen LogP contribution in [0.1, 0.15) is 30.5 Å². The Morgan fingerprint density at radius 1 is 0.882 bits per heavy atom. The van der Waals surface area contributed by atoms with Gasteiger partial charge in [0.05, 0.1) is 0 Å². The first-order valence-corrected chi connectivity index (χ1v) is 6.38. The molecule has 1 aromatic heterocycles. The van der Waals surface area contributed by atoms with Crippen LogP contribution in [0.15, 0.2) is 48.8 Å². The van der Waals surface area contributed by atoms with Gasteiger partial charge in [-0.15, -0.1) is 0 Å². The molecule has 0 radical (unpaired) electrons. The molecule has 2 aromatic rings. The molecule has 0 aliphatic rings. The quantitative estimate of drug-likeness (QED) is 0.705. The normalized spacial score (nSPS) is 10.5. The van der Waals surface area contributed by atoms with Crippen LogP contribution in [-0.4, -0.2) is 0 Å². The van der Waals surface area contributed by atoms with E-state index in [1.54, 1.807) is 0 Å². The third-order valence-corrected chi connectivity index (χ3v) is 3.19. The van der Waals surface area contributed by atoms with Crippen LogP contribution in [0.3, 0.4) is 0 Å².